The smallest absolute Gasteiger partial charge is 0.295 e. The molecule has 0 spiro atoms. The summed E-state index contributed by atoms with van der Waals surface area (Å²) in [7, 11) is -5.08. The summed E-state index contributed by atoms with van der Waals surface area (Å²) in [6, 6.07) is 5.64. The maximum Gasteiger partial charge on any atom is 0.295 e. The van der Waals surface area contributed by atoms with E-state index in [1.807, 2.05) is 6.07 Å². The lowest BCUT2D eigenvalue weighted by molar-refractivity contribution is 0.0937. The molecule has 0 aliphatic heterocycles. The first-order valence-electron chi connectivity index (χ1n) is 8.69. The Morgan fingerprint density at radius 1 is 1.31 bits per heavy atom. The molecule has 166 valence electrons. The van der Waals surface area contributed by atoms with E-state index in [1.165, 1.54) is 29.3 Å². The standard InChI is InChI=1S/C18H13ClF2N6O4S/c1-9(17-24-8-25-27(17)14-3-2-10(6-22)7-23-14)26-18(28)11-4-12(19)15(16(20)21)13(5-11)32(29,30)31/h2-5,7-9,16H,1H3,(H,26,28)(H,29,30,31). The SMILES string of the molecule is CC(NC(=O)c1cc(Cl)c(C(F)F)c(S(=O)(=O)O)c1)c1ncnn1-c1ccc(C#N)cn1. The lowest BCUT2D eigenvalue weighted by atomic mass is 10.1. The van der Waals surface area contributed by atoms with Gasteiger partial charge in [-0.3, -0.25) is 9.35 Å². The highest BCUT2D eigenvalue weighted by Gasteiger charge is 2.28. The molecule has 10 nitrogen and oxygen atoms in total. The van der Waals surface area contributed by atoms with E-state index >= 15 is 0 Å². The van der Waals surface area contributed by atoms with Crippen LogP contribution in [0.4, 0.5) is 8.78 Å². The highest BCUT2D eigenvalue weighted by Crippen LogP contribution is 2.34. The highest BCUT2D eigenvalue weighted by molar-refractivity contribution is 7.85. The molecule has 0 saturated heterocycles. The van der Waals surface area contributed by atoms with Crippen LogP contribution in [0.2, 0.25) is 5.02 Å². The molecular formula is C18H13ClF2N6O4S. The summed E-state index contributed by atoms with van der Waals surface area (Å²) >= 11 is 5.75. The average molecular weight is 483 g/mol. The molecule has 0 fully saturated rings. The van der Waals surface area contributed by atoms with E-state index in [0.717, 1.165) is 6.07 Å². The topological polar surface area (TPSA) is 151 Å². The molecular weight excluding hydrogens is 470 g/mol. The zero-order valence-corrected chi connectivity index (χ0v) is 17.6. The Hall–Kier alpha value is -3.47. The van der Waals surface area contributed by atoms with Gasteiger partial charge in [-0.15, -0.1) is 0 Å². The molecule has 1 unspecified atom stereocenters. The third kappa shape index (κ3) is 4.72. The molecule has 0 aliphatic carbocycles. The summed E-state index contributed by atoms with van der Waals surface area (Å²) in [5, 5.41) is 14.7. The minimum atomic E-state index is -5.08. The second kappa shape index (κ2) is 8.95. The lowest BCUT2D eigenvalue weighted by Crippen LogP contribution is -2.29. The Morgan fingerprint density at radius 3 is 2.59 bits per heavy atom. The number of nitriles is 1. The third-order valence-electron chi connectivity index (χ3n) is 4.25. The molecule has 2 heterocycles. The zero-order valence-electron chi connectivity index (χ0n) is 16.1. The van der Waals surface area contributed by atoms with Gasteiger partial charge in [0.25, 0.3) is 22.5 Å². The summed E-state index contributed by atoms with van der Waals surface area (Å²) < 4.78 is 60.0. The number of pyridine rings is 1. The number of carbonyl (C=O) groups is 1. The fraction of sp³-hybridized carbons (Fsp3) is 0.167. The summed E-state index contributed by atoms with van der Waals surface area (Å²) in [6.07, 6.45) is -0.760. The van der Waals surface area contributed by atoms with Gasteiger partial charge in [-0.2, -0.15) is 23.5 Å². The fourth-order valence-electron chi connectivity index (χ4n) is 2.79. The van der Waals surface area contributed by atoms with Crippen molar-refractivity contribution in [2.75, 3.05) is 0 Å². The summed E-state index contributed by atoms with van der Waals surface area (Å²) in [5.41, 5.74) is -1.15. The summed E-state index contributed by atoms with van der Waals surface area (Å²) in [4.78, 5) is 19.6. The van der Waals surface area contributed by atoms with Crippen molar-refractivity contribution in [1.82, 2.24) is 25.1 Å². The second-order valence-electron chi connectivity index (χ2n) is 6.39. The van der Waals surface area contributed by atoms with Gasteiger partial charge >= 0.3 is 0 Å². The number of alkyl halides is 2. The molecule has 0 aliphatic rings. The van der Waals surface area contributed by atoms with Gasteiger partial charge in [0.15, 0.2) is 11.6 Å². The molecule has 2 aromatic heterocycles. The molecule has 0 radical (unpaired) electrons. The molecule has 1 amide bonds. The Bertz CT molecular complexity index is 1320. The van der Waals surface area contributed by atoms with Crippen molar-refractivity contribution in [3.05, 3.63) is 64.3 Å². The number of carbonyl (C=O) groups excluding carboxylic acids is 1. The Morgan fingerprint density at radius 2 is 2.03 bits per heavy atom. The minimum Gasteiger partial charge on any atom is -0.342 e. The van der Waals surface area contributed by atoms with Crippen molar-refractivity contribution in [3.8, 4) is 11.9 Å². The molecule has 32 heavy (non-hydrogen) atoms. The van der Waals surface area contributed by atoms with Crippen LogP contribution >= 0.6 is 11.6 Å². The van der Waals surface area contributed by atoms with Crippen LogP contribution in [-0.2, 0) is 10.1 Å². The Balaban J connectivity index is 1.91. The van der Waals surface area contributed by atoms with Gasteiger partial charge < -0.3 is 5.32 Å². The number of benzene rings is 1. The van der Waals surface area contributed by atoms with E-state index in [9.17, 15) is 26.5 Å². The van der Waals surface area contributed by atoms with E-state index in [-0.39, 0.29) is 11.4 Å². The number of nitrogens with zero attached hydrogens (tertiary/aromatic N) is 5. The number of hydrogen-bond donors (Lipinski definition) is 2. The highest BCUT2D eigenvalue weighted by atomic mass is 35.5. The Kier molecular flexibility index (Phi) is 6.49. The van der Waals surface area contributed by atoms with Gasteiger partial charge in [0.2, 0.25) is 0 Å². The normalized spacial score (nSPS) is 12.4. The maximum absolute atomic E-state index is 13.2. The van der Waals surface area contributed by atoms with Crippen LogP contribution in [0.5, 0.6) is 0 Å². The monoisotopic (exact) mass is 482 g/mol. The number of nitrogens with one attached hydrogen (secondary N) is 1. The van der Waals surface area contributed by atoms with Crippen LogP contribution in [0, 0.1) is 11.3 Å². The number of rotatable bonds is 6. The predicted molar refractivity (Wildman–Crippen MR) is 106 cm³/mol. The molecule has 3 aromatic rings. The Labute approximate surface area is 185 Å². The lowest BCUT2D eigenvalue weighted by Gasteiger charge is -2.16. The molecule has 1 aromatic carbocycles. The summed E-state index contributed by atoms with van der Waals surface area (Å²) in [6.45, 7) is 1.54. The predicted octanol–water partition coefficient (Wildman–Crippen LogP) is 2.86. The molecule has 0 bridgehead atoms. The van der Waals surface area contributed by atoms with Gasteiger partial charge in [-0.1, -0.05) is 11.6 Å². The van der Waals surface area contributed by atoms with Crippen molar-refractivity contribution in [2.24, 2.45) is 0 Å². The maximum atomic E-state index is 13.2. The van der Waals surface area contributed by atoms with E-state index < -0.39 is 44.0 Å². The first-order valence-corrected chi connectivity index (χ1v) is 10.5. The zero-order chi connectivity index (χ0) is 23.6. The van der Waals surface area contributed by atoms with Gasteiger partial charge in [0, 0.05) is 11.8 Å². The molecule has 0 saturated carbocycles. The second-order valence-corrected chi connectivity index (χ2v) is 8.18. The van der Waals surface area contributed by atoms with Crippen LogP contribution in [0.1, 0.15) is 46.7 Å². The van der Waals surface area contributed by atoms with E-state index in [4.69, 9.17) is 16.9 Å². The van der Waals surface area contributed by atoms with Crippen molar-refractivity contribution in [3.63, 3.8) is 0 Å². The average Bonchev–Trinajstić information content (AvgIpc) is 3.22. The van der Waals surface area contributed by atoms with E-state index in [2.05, 4.69) is 20.4 Å². The number of halogens is 3. The first kappa shape index (κ1) is 23.2. The van der Waals surface area contributed by atoms with E-state index in [1.54, 1.807) is 6.92 Å². The fourth-order valence-corrected chi connectivity index (χ4v) is 3.90. The van der Waals surface area contributed by atoms with Gasteiger partial charge in [-0.05, 0) is 31.2 Å². The van der Waals surface area contributed by atoms with Crippen molar-refractivity contribution in [2.45, 2.75) is 24.3 Å². The quantitative estimate of drug-likeness (QED) is 0.509. The van der Waals surface area contributed by atoms with Crippen molar-refractivity contribution in [1.29, 1.82) is 5.26 Å². The number of amides is 1. The first-order chi connectivity index (χ1) is 15.0. The molecule has 3 rings (SSSR count). The van der Waals surface area contributed by atoms with Crippen LogP contribution in [0.25, 0.3) is 5.82 Å². The largest absolute Gasteiger partial charge is 0.342 e. The van der Waals surface area contributed by atoms with Crippen LogP contribution < -0.4 is 5.32 Å². The molecule has 14 heteroatoms. The van der Waals surface area contributed by atoms with Crippen LogP contribution in [-0.4, -0.2) is 38.6 Å². The molecule has 2 N–H and O–H groups in total. The van der Waals surface area contributed by atoms with Crippen molar-refractivity contribution < 1.29 is 26.5 Å². The molecule has 1 atom stereocenters. The number of hydrogen-bond acceptors (Lipinski definition) is 7. The minimum absolute atomic E-state index is 0.237. The number of aromatic nitrogens is 4. The van der Waals surface area contributed by atoms with E-state index in [0.29, 0.717) is 17.4 Å². The van der Waals surface area contributed by atoms with Crippen LogP contribution in [0.3, 0.4) is 0 Å². The van der Waals surface area contributed by atoms with Crippen molar-refractivity contribution >= 4 is 27.6 Å². The van der Waals surface area contributed by atoms with Crippen LogP contribution in [0.15, 0.2) is 41.7 Å². The van der Waals surface area contributed by atoms with Gasteiger partial charge in [-0.25, -0.2) is 18.7 Å². The third-order valence-corrected chi connectivity index (χ3v) is 5.46. The van der Waals surface area contributed by atoms with Gasteiger partial charge in [0.05, 0.1) is 22.2 Å². The summed E-state index contributed by atoms with van der Waals surface area (Å²) in [5.74, 6) is -0.316. The van der Waals surface area contributed by atoms with Gasteiger partial charge in [0.1, 0.15) is 17.3 Å².